The minimum absolute atomic E-state index is 0.00968. The number of rotatable bonds is 7. The van der Waals surface area contributed by atoms with E-state index in [4.69, 9.17) is 0 Å². The van der Waals surface area contributed by atoms with Gasteiger partial charge in [-0.2, -0.15) is 0 Å². The first-order valence-electron chi connectivity index (χ1n) is 10.7. The van der Waals surface area contributed by atoms with Crippen LogP contribution in [0.5, 0.6) is 0 Å². The number of anilines is 1. The molecule has 0 aliphatic carbocycles. The molecule has 0 saturated carbocycles. The van der Waals surface area contributed by atoms with Crippen LogP contribution in [0.2, 0.25) is 0 Å². The zero-order valence-electron chi connectivity index (χ0n) is 18.0. The van der Waals surface area contributed by atoms with Crippen LogP contribution < -0.4 is 15.5 Å². The van der Waals surface area contributed by atoms with Crippen molar-refractivity contribution in [3.05, 3.63) is 59.8 Å². The number of benzene rings is 1. The normalized spacial score (nSPS) is 14.5. The standard InChI is InChI=1S/C23H32N6O/c1-3-4-12-26-22(30)20-10-8-19(9-11-20)18-27-23(24-2)29-16-14-28(15-17-29)21-7-5-6-13-25-21/h5-11,13H,3-4,12,14-18H2,1-2H3,(H,24,27)(H,26,30). The minimum Gasteiger partial charge on any atom is -0.353 e. The zero-order chi connectivity index (χ0) is 21.2. The van der Waals surface area contributed by atoms with Gasteiger partial charge in [-0.15, -0.1) is 0 Å². The van der Waals surface area contributed by atoms with E-state index in [1.807, 2.05) is 49.6 Å². The molecule has 2 heterocycles. The van der Waals surface area contributed by atoms with Crippen LogP contribution >= 0.6 is 0 Å². The molecule has 7 nitrogen and oxygen atoms in total. The van der Waals surface area contributed by atoms with E-state index in [-0.39, 0.29) is 5.91 Å². The molecule has 1 aliphatic rings. The van der Waals surface area contributed by atoms with Gasteiger partial charge >= 0.3 is 0 Å². The van der Waals surface area contributed by atoms with Gasteiger partial charge in [-0.3, -0.25) is 9.79 Å². The Hall–Kier alpha value is -3.09. The molecule has 0 spiro atoms. The lowest BCUT2D eigenvalue weighted by Crippen LogP contribution is -2.52. The number of hydrogen-bond acceptors (Lipinski definition) is 4. The summed E-state index contributed by atoms with van der Waals surface area (Å²) in [5.41, 5.74) is 1.82. The van der Waals surface area contributed by atoms with Crippen LogP contribution in [-0.2, 0) is 6.54 Å². The zero-order valence-corrected chi connectivity index (χ0v) is 18.0. The Morgan fingerprint density at radius 2 is 1.83 bits per heavy atom. The highest BCUT2D eigenvalue weighted by molar-refractivity contribution is 5.94. The van der Waals surface area contributed by atoms with E-state index in [1.165, 1.54) is 0 Å². The molecule has 1 amide bonds. The summed E-state index contributed by atoms with van der Waals surface area (Å²) in [6.45, 7) is 7.13. The third-order valence-electron chi connectivity index (χ3n) is 5.25. The summed E-state index contributed by atoms with van der Waals surface area (Å²) < 4.78 is 0. The van der Waals surface area contributed by atoms with Gasteiger partial charge in [0.2, 0.25) is 0 Å². The average Bonchev–Trinajstić information content (AvgIpc) is 2.81. The van der Waals surface area contributed by atoms with Gasteiger partial charge in [0.15, 0.2) is 5.96 Å². The molecule has 0 bridgehead atoms. The first-order chi connectivity index (χ1) is 14.7. The number of nitrogens with one attached hydrogen (secondary N) is 2. The molecule has 0 unspecified atom stereocenters. The second-order valence-electron chi connectivity index (χ2n) is 7.37. The maximum Gasteiger partial charge on any atom is 0.251 e. The molecule has 30 heavy (non-hydrogen) atoms. The fourth-order valence-corrected chi connectivity index (χ4v) is 3.46. The summed E-state index contributed by atoms with van der Waals surface area (Å²) in [4.78, 5) is 25.6. The SMILES string of the molecule is CCCCNC(=O)c1ccc(CNC(=NC)N2CCN(c3ccccn3)CC2)cc1. The molecule has 1 fully saturated rings. The summed E-state index contributed by atoms with van der Waals surface area (Å²) in [7, 11) is 1.82. The summed E-state index contributed by atoms with van der Waals surface area (Å²) in [6.07, 6.45) is 3.91. The summed E-state index contributed by atoms with van der Waals surface area (Å²) >= 11 is 0. The molecule has 160 valence electrons. The predicted octanol–water partition coefficient (Wildman–Crippen LogP) is 2.51. The summed E-state index contributed by atoms with van der Waals surface area (Å²) in [6, 6.07) is 13.8. The monoisotopic (exact) mass is 408 g/mol. The highest BCUT2D eigenvalue weighted by Gasteiger charge is 2.20. The maximum atomic E-state index is 12.1. The molecule has 1 aromatic heterocycles. The topological polar surface area (TPSA) is 72.9 Å². The third kappa shape index (κ3) is 5.95. The molecule has 1 saturated heterocycles. The molecule has 3 rings (SSSR count). The van der Waals surface area contributed by atoms with Crippen molar-refractivity contribution in [2.24, 2.45) is 4.99 Å². The number of nitrogens with zero attached hydrogens (tertiary/aromatic N) is 4. The number of hydrogen-bond donors (Lipinski definition) is 2. The van der Waals surface area contributed by atoms with Crippen LogP contribution in [0.4, 0.5) is 5.82 Å². The number of aliphatic imine (C=N–C) groups is 1. The molecule has 0 atom stereocenters. The van der Waals surface area contributed by atoms with Crippen LogP contribution in [0.25, 0.3) is 0 Å². The van der Waals surface area contributed by atoms with E-state index in [1.54, 1.807) is 0 Å². The number of unbranched alkanes of at least 4 members (excludes halogenated alkanes) is 1. The van der Waals surface area contributed by atoms with Crippen molar-refractivity contribution in [2.75, 3.05) is 44.7 Å². The van der Waals surface area contributed by atoms with Gasteiger partial charge in [-0.25, -0.2) is 4.98 Å². The molecular formula is C23H32N6O. The van der Waals surface area contributed by atoms with Crippen LogP contribution in [-0.4, -0.2) is 61.5 Å². The molecule has 1 aromatic carbocycles. The van der Waals surface area contributed by atoms with Gasteiger partial charge in [0.05, 0.1) is 0 Å². The maximum absolute atomic E-state index is 12.1. The lowest BCUT2D eigenvalue weighted by molar-refractivity contribution is 0.0953. The smallest absolute Gasteiger partial charge is 0.251 e. The molecule has 7 heteroatoms. The first kappa shape index (κ1) is 21.6. The van der Waals surface area contributed by atoms with Crippen molar-refractivity contribution >= 4 is 17.7 Å². The number of pyridine rings is 1. The largest absolute Gasteiger partial charge is 0.353 e. The van der Waals surface area contributed by atoms with Gasteiger partial charge in [0, 0.05) is 58.1 Å². The number of piperazine rings is 1. The van der Waals surface area contributed by atoms with Crippen LogP contribution in [0, 0.1) is 0 Å². The predicted molar refractivity (Wildman–Crippen MR) is 122 cm³/mol. The van der Waals surface area contributed by atoms with Gasteiger partial charge in [-0.05, 0) is 36.2 Å². The lowest BCUT2D eigenvalue weighted by atomic mass is 10.1. The quantitative estimate of drug-likeness (QED) is 0.418. The Bertz CT molecular complexity index is 813. The van der Waals surface area contributed by atoms with E-state index < -0.39 is 0 Å². The molecule has 0 radical (unpaired) electrons. The number of aromatic nitrogens is 1. The van der Waals surface area contributed by atoms with Crippen LogP contribution in [0.3, 0.4) is 0 Å². The fraction of sp³-hybridized carbons (Fsp3) is 0.435. The molecular weight excluding hydrogens is 376 g/mol. The molecule has 2 N–H and O–H groups in total. The average molecular weight is 409 g/mol. The van der Waals surface area contributed by atoms with Crippen LogP contribution in [0.15, 0.2) is 53.7 Å². The summed E-state index contributed by atoms with van der Waals surface area (Å²) in [5, 5.41) is 6.39. The second kappa shape index (κ2) is 11.2. The first-order valence-corrected chi connectivity index (χ1v) is 10.7. The van der Waals surface area contributed by atoms with Gasteiger partial charge < -0.3 is 20.4 Å². The highest BCUT2D eigenvalue weighted by atomic mass is 16.1. The van der Waals surface area contributed by atoms with Crippen molar-refractivity contribution in [1.29, 1.82) is 0 Å². The van der Waals surface area contributed by atoms with Gasteiger partial charge in [0.25, 0.3) is 5.91 Å². The van der Waals surface area contributed by atoms with Gasteiger partial charge in [-0.1, -0.05) is 31.5 Å². The van der Waals surface area contributed by atoms with E-state index in [0.717, 1.165) is 62.9 Å². The Balaban J connectivity index is 1.47. The number of carbonyl (C=O) groups excluding carboxylic acids is 1. The van der Waals surface area contributed by atoms with E-state index in [2.05, 4.69) is 43.4 Å². The number of amides is 1. The third-order valence-corrected chi connectivity index (χ3v) is 5.25. The number of guanidine groups is 1. The Kier molecular flexibility index (Phi) is 8.06. The molecule has 2 aromatic rings. The fourth-order valence-electron chi connectivity index (χ4n) is 3.46. The number of carbonyl (C=O) groups is 1. The Labute approximate surface area is 179 Å². The van der Waals surface area contributed by atoms with Crippen LogP contribution in [0.1, 0.15) is 35.7 Å². The summed E-state index contributed by atoms with van der Waals surface area (Å²) in [5.74, 6) is 1.92. The van der Waals surface area contributed by atoms with E-state index >= 15 is 0 Å². The highest BCUT2D eigenvalue weighted by Crippen LogP contribution is 2.13. The molecule has 1 aliphatic heterocycles. The van der Waals surface area contributed by atoms with Crippen molar-refractivity contribution in [3.8, 4) is 0 Å². The van der Waals surface area contributed by atoms with Crippen molar-refractivity contribution in [1.82, 2.24) is 20.5 Å². The Morgan fingerprint density at radius 1 is 1.07 bits per heavy atom. The minimum atomic E-state index is -0.00968. The van der Waals surface area contributed by atoms with Crippen molar-refractivity contribution < 1.29 is 4.79 Å². The van der Waals surface area contributed by atoms with E-state index in [0.29, 0.717) is 12.1 Å². The Morgan fingerprint density at radius 3 is 2.47 bits per heavy atom. The van der Waals surface area contributed by atoms with Crippen molar-refractivity contribution in [2.45, 2.75) is 26.3 Å². The second-order valence-corrected chi connectivity index (χ2v) is 7.37. The lowest BCUT2D eigenvalue weighted by Gasteiger charge is -2.37. The van der Waals surface area contributed by atoms with E-state index in [9.17, 15) is 4.79 Å². The van der Waals surface area contributed by atoms with Gasteiger partial charge in [0.1, 0.15) is 5.82 Å². The van der Waals surface area contributed by atoms with Crippen molar-refractivity contribution in [3.63, 3.8) is 0 Å².